The zero-order valence-electron chi connectivity index (χ0n) is 14.9. The zero-order chi connectivity index (χ0) is 18.7. The van der Waals surface area contributed by atoms with Crippen molar-refractivity contribution in [1.82, 2.24) is 0 Å². The highest BCUT2D eigenvalue weighted by molar-refractivity contribution is 6.31. The Hall–Kier alpha value is -1.64. The fourth-order valence-electron chi connectivity index (χ4n) is 2.69. The Morgan fingerprint density at radius 1 is 0.760 bits per heavy atom. The summed E-state index contributed by atoms with van der Waals surface area (Å²) in [6.45, 7) is 7.46. The highest BCUT2D eigenvalue weighted by atomic mass is 35.5. The first-order chi connectivity index (χ1) is 11.7. The third-order valence-electron chi connectivity index (χ3n) is 4.10. The second-order valence-corrected chi connectivity index (χ2v) is 7.69. The lowest BCUT2D eigenvalue weighted by Gasteiger charge is -2.15. The highest BCUT2D eigenvalue weighted by Crippen LogP contribution is 2.26. The van der Waals surface area contributed by atoms with E-state index in [1.54, 1.807) is 24.3 Å². The van der Waals surface area contributed by atoms with Gasteiger partial charge in [0.05, 0.1) is 0 Å². The maximum absolute atomic E-state index is 12.5. The molecule has 0 spiro atoms. The highest BCUT2D eigenvalue weighted by Gasteiger charge is 2.19. The van der Waals surface area contributed by atoms with Gasteiger partial charge in [0.2, 0.25) is 0 Å². The van der Waals surface area contributed by atoms with Crippen LogP contribution in [0.3, 0.4) is 0 Å². The molecule has 0 aliphatic heterocycles. The summed E-state index contributed by atoms with van der Waals surface area (Å²) < 4.78 is 0. The normalized spacial score (nSPS) is 11.2. The van der Waals surface area contributed by atoms with Gasteiger partial charge in [-0.15, -0.1) is 0 Å². The molecule has 0 atom stereocenters. The third kappa shape index (κ3) is 4.71. The van der Waals surface area contributed by atoms with Gasteiger partial charge >= 0.3 is 0 Å². The fourth-order valence-corrected chi connectivity index (χ4v) is 3.04. The van der Waals surface area contributed by atoms with Gasteiger partial charge in [-0.25, -0.2) is 0 Å². The number of ketones is 2. The molecule has 25 heavy (non-hydrogen) atoms. The van der Waals surface area contributed by atoms with Crippen LogP contribution >= 0.6 is 23.2 Å². The first kappa shape index (κ1) is 19.7. The number of benzene rings is 2. The monoisotopic (exact) mass is 376 g/mol. The van der Waals surface area contributed by atoms with Crippen molar-refractivity contribution in [3.8, 4) is 0 Å². The van der Waals surface area contributed by atoms with Gasteiger partial charge in [0, 0.05) is 33.0 Å². The smallest absolute Gasteiger partial charge is 0.165 e. The quantitative estimate of drug-likeness (QED) is 0.557. The first-order valence-corrected chi connectivity index (χ1v) is 9.11. The Labute approximate surface area is 159 Å². The number of carbonyl (C=O) groups excluding carboxylic acids is 2. The Balaban J connectivity index is 2.51. The number of halogens is 2. The summed E-state index contributed by atoms with van der Waals surface area (Å²) in [7, 11) is 0. The topological polar surface area (TPSA) is 34.1 Å². The predicted molar refractivity (Wildman–Crippen MR) is 104 cm³/mol. The lowest BCUT2D eigenvalue weighted by Crippen LogP contribution is -2.13. The van der Waals surface area contributed by atoms with Crippen molar-refractivity contribution in [1.29, 1.82) is 0 Å². The predicted octanol–water partition coefficient (Wildman–Crippen LogP) is 6.26. The van der Waals surface area contributed by atoms with Gasteiger partial charge in [-0.2, -0.15) is 0 Å². The van der Waals surface area contributed by atoms with Crippen LogP contribution in [0.1, 0.15) is 59.5 Å². The van der Waals surface area contributed by atoms with Gasteiger partial charge in [-0.05, 0) is 41.8 Å². The van der Waals surface area contributed by atoms with Crippen LogP contribution in [0.2, 0.25) is 10.0 Å². The summed E-state index contributed by atoms with van der Waals surface area (Å²) in [5.41, 5.74) is 2.95. The molecule has 0 aromatic heterocycles. The standard InChI is InChI=1S/C21H22Cl2O2/c1-12(2)20(24)18-10-16(22)7-5-14(18)9-15-6-8-17(23)11-19(15)21(25)13(3)4/h5-8,10-13H,9H2,1-4H3. The van der Waals surface area contributed by atoms with E-state index in [0.29, 0.717) is 27.6 Å². The molecule has 0 radical (unpaired) electrons. The van der Waals surface area contributed by atoms with Crippen molar-refractivity contribution < 1.29 is 9.59 Å². The third-order valence-corrected chi connectivity index (χ3v) is 4.57. The van der Waals surface area contributed by atoms with Crippen molar-refractivity contribution >= 4 is 34.8 Å². The van der Waals surface area contributed by atoms with Crippen LogP contribution in [0.4, 0.5) is 0 Å². The second-order valence-electron chi connectivity index (χ2n) is 6.82. The van der Waals surface area contributed by atoms with Crippen molar-refractivity contribution in [2.24, 2.45) is 11.8 Å². The van der Waals surface area contributed by atoms with Crippen LogP contribution in [0.5, 0.6) is 0 Å². The number of rotatable bonds is 6. The molecule has 132 valence electrons. The minimum atomic E-state index is -0.126. The molecule has 0 aliphatic carbocycles. The second kappa shape index (κ2) is 8.16. The summed E-state index contributed by atoms with van der Waals surface area (Å²) in [4.78, 5) is 25.1. The van der Waals surface area contributed by atoms with Gasteiger partial charge < -0.3 is 0 Å². The lowest BCUT2D eigenvalue weighted by atomic mass is 9.89. The zero-order valence-corrected chi connectivity index (χ0v) is 16.4. The molecule has 0 saturated heterocycles. The average molecular weight is 377 g/mol. The Morgan fingerprint density at radius 2 is 1.12 bits per heavy atom. The number of carbonyl (C=O) groups is 2. The van der Waals surface area contributed by atoms with E-state index in [9.17, 15) is 9.59 Å². The van der Waals surface area contributed by atoms with Crippen LogP contribution in [0.25, 0.3) is 0 Å². The molecule has 0 fully saturated rings. The summed E-state index contributed by atoms with van der Waals surface area (Å²) in [5.74, 6) is -0.162. The maximum atomic E-state index is 12.5. The van der Waals surface area contributed by atoms with Crippen LogP contribution in [0.15, 0.2) is 36.4 Å². The molecule has 4 heteroatoms. The molecule has 0 unspecified atom stereocenters. The van der Waals surface area contributed by atoms with E-state index >= 15 is 0 Å². The maximum Gasteiger partial charge on any atom is 0.165 e. The van der Waals surface area contributed by atoms with Gasteiger partial charge in [-0.1, -0.05) is 63.0 Å². The number of hydrogen-bond acceptors (Lipinski definition) is 2. The van der Waals surface area contributed by atoms with Crippen molar-refractivity contribution in [3.63, 3.8) is 0 Å². The Morgan fingerprint density at radius 3 is 1.44 bits per heavy atom. The molecular weight excluding hydrogens is 355 g/mol. The first-order valence-electron chi connectivity index (χ1n) is 8.36. The molecular formula is C21H22Cl2O2. The summed E-state index contributed by atoms with van der Waals surface area (Å²) in [5, 5.41) is 1.06. The van der Waals surface area contributed by atoms with Crippen molar-refractivity contribution in [2.75, 3.05) is 0 Å². The fraction of sp³-hybridized carbons (Fsp3) is 0.333. The van der Waals surface area contributed by atoms with Gasteiger partial charge in [0.15, 0.2) is 11.6 Å². The number of Topliss-reactive ketones (excluding diaryl/α,β-unsaturated/α-hetero) is 2. The SMILES string of the molecule is CC(C)C(=O)c1cc(Cl)ccc1Cc1ccc(Cl)cc1C(=O)C(C)C. The largest absolute Gasteiger partial charge is 0.294 e. The van der Waals surface area contributed by atoms with Gasteiger partial charge in [0.25, 0.3) is 0 Å². The molecule has 0 bridgehead atoms. The molecule has 2 aromatic rings. The molecule has 0 saturated carbocycles. The van der Waals surface area contributed by atoms with E-state index in [1.165, 1.54) is 0 Å². The molecule has 0 amide bonds. The van der Waals surface area contributed by atoms with E-state index in [0.717, 1.165) is 11.1 Å². The minimum Gasteiger partial charge on any atom is -0.294 e. The van der Waals surface area contributed by atoms with Crippen LogP contribution in [-0.4, -0.2) is 11.6 Å². The molecule has 2 aromatic carbocycles. The molecule has 2 rings (SSSR count). The van der Waals surface area contributed by atoms with Crippen LogP contribution in [-0.2, 0) is 6.42 Å². The molecule has 2 nitrogen and oxygen atoms in total. The molecule has 0 N–H and O–H groups in total. The van der Waals surface area contributed by atoms with E-state index in [-0.39, 0.29) is 23.4 Å². The van der Waals surface area contributed by atoms with E-state index < -0.39 is 0 Å². The van der Waals surface area contributed by atoms with Crippen molar-refractivity contribution in [3.05, 3.63) is 68.7 Å². The van der Waals surface area contributed by atoms with E-state index in [2.05, 4.69) is 0 Å². The number of hydrogen-bond donors (Lipinski definition) is 0. The Kier molecular flexibility index (Phi) is 6.42. The van der Waals surface area contributed by atoms with Crippen molar-refractivity contribution in [2.45, 2.75) is 34.1 Å². The molecule has 0 aliphatic rings. The van der Waals surface area contributed by atoms with Crippen LogP contribution < -0.4 is 0 Å². The average Bonchev–Trinajstić information content (AvgIpc) is 2.56. The minimum absolute atomic E-state index is 0.0446. The molecule has 0 heterocycles. The van der Waals surface area contributed by atoms with Crippen LogP contribution in [0, 0.1) is 11.8 Å². The van der Waals surface area contributed by atoms with Gasteiger partial charge in [-0.3, -0.25) is 9.59 Å². The summed E-state index contributed by atoms with van der Waals surface area (Å²) in [6.07, 6.45) is 0.482. The summed E-state index contributed by atoms with van der Waals surface area (Å²) in [6, 6.07) is 10.7. The lowest BCUT2D eigenvalue weighted by molar-refractivity contribution is 0.0932. The van der Waals surface area contributed by atoms with E-state index in [4.69, 9.17) is 23.2 Å². The Bertz CT molecular complexity index is 740. The summed E-state index contributed by atoms with van der Waals surface area (Å²) >= 11 is 12.2. The van der Waals surface area contributed by atoms with Gasteiger partial charge in [0.1, 0.15) is 0 Å². The van der Waals surface area contributed by atoms with E-state index in [1.807, 2.05) is 39.8 Å².